The molecule has 1 saturated heterocycles. The van der Waals surface area contributed by atoms with Gasteiger partial charge in [0, 0.05) is 19.3 Å². The van der Waals surface area contributed by atoms with Crippen molar-refractivity contribution in [3.05, 3.63) is 18.0 Å². The van der Waals surface area contributed by atoms with E-state index in [4.69, 9.17) is 10.5 Å². The molecule has 0 aliphatic carbocycles. The van der Waals surface area contributed by atoms with Crippen molar-refractivity contribution in [2.45, 2.75) is 32.0 Å². The molecule has 0 aromatic carbocycles. The van der Waals surface area contributed by atoms with Gasteiger partial charge in [0.25, 0.3) is 0 Å². The van der Waals surface area contributed by atoms with E-state index in [9.17, 15) is 0 Å². The zero-order valence-electron chi connectivity index (χ0n) is 7.65. The number of hydrogen-bond acceptors (Lipinski definition) is 3. The first-order valence-electron chi connectivity index (χ1n) is 4.72. The average Bonchev–Trinajstić information content (AvgIpc) is 2.76. The van der Waals surface area contributed by atoms with E-state index in [-0.39, 0.29) is 0 Å². The summed E-state index contributed by atoms with van der Waals surface area (Å²) in [6, 6.07) is 1.95. The largest absolute Gasteiger partial charge is 0.376 e. The first-order chi connectivity index (χ1) is 6.38. The van der Waals surface area contributed by atoms with Crippen molar-refractivity contribution in [1.29, 1.82) is 0 Å². The Kier molecular flexibility index (Phi) is 2.61. The van der Waals surface area contributed by atoms with E-state index in [0.29, 0.717) is 12.6 Å². The molecule has 0 spiro atoms. The normalized spacial score (nSPS) is 22.4. The van der Waals surface area contributed by atoms with Crippen LogP contribution in [0, 0.1) is 0 Å². The Labute approximate surface area is 77.7 Å². The zero-order valence-corrected chi connectivity index (χ0v) is 7.65. The highest BCUT2D eigenvalue weighted by Crippen LogP contribution is 2.13. The number of ether oxygens (including phenoxy) is 1. The van der Waals surface area contributed by atoms with E-state index in [1.165, 1.54) is 6.42 Å². The molecule has 72 valence electrons. The molecule has 4 heteroatoms. The number of hydrogen-bond donors (Lipinski definition) is 1. The van der Waals surface area contributed by atoms with Crippen LogP contribution in [0.1, 0.15) is 18.5 Å². The molecule has 2 heterocycles. The minimum atomic E-state index is 0.352. The first-order valence-corrected chi connectivity index (χ1v) is 4.72. The zero-order chi connectivity index (χ0) is 9.10. The Morgan fingerprint density at radius 3 is 3.23 bits per heavy atom. The van der Waals surface area contributed by atoms with Crippen molar-refractivity contribution in [2.24, 2.45) is 5.73 Å². The third kappa shape index (κ3) is 2.08. The van der Waals surface area contributed by atoms with Crippen molar-refractivity contribution >= 4 is 0 Å². The molecule has 1 aromatic rings. The van der Waals surface area contributed by atoms with E-state index in [1.807, 2.05) is 16.9 Å². The number of rotatable bonds is 3. The molecule has 1 aromatic heterocycles. The summed E-state index contributed by atoms with van der Waals surface area (Å²) in [5.41, 5.74) is 6.41. The van der Waals surface area contributed by atoms with Crippen molar-refractivity contribution in [1.82, 2.24) is 9.78 Å². The maximum absolute atomic E-state index is 5.51. The van der Waals surface area contributed by atoms with Gasteiger partial charge in [0.1, 0.15) is 0 Å². The molecule has 1 aliphatic heterocycles. The molecule has 1 unspecified atom stereocenters. The maximum atomic E-state index is 5.51. The highest BCUT2D eigenvalue weighted by atomic mass is 16.5. The second-order valence-corrected chi connectivity index (χ2v) is 3.37. The summed E-state index contributed by atoms with van der Waals surface area (Å²) in [5.74, 6) is 0. The quantitative estimate of drug-likeness (QED) is 0.739. The second kappa shape index (κ2) is 3.89. The molecule has 1 fully saturated rings. The van der Waals surface area contributed by atoms with Crippen LogP contribution in [0.2, 0.25) is 0 Å². The smallest absolute Gasteiger partial charge is 0.0771 e. The molecule has 1 atom stereocenters. The standard InChI is InChI=1S/C9H15N3O/c10-6-8-3-4-12(11-8)7-9-2-1-5-13-9/h3-4,9H,1-2,5-7,10H2. The molecule has 0 radical (unpaired) electrons. The van der Waals surface area contributed by atoms with Crippen LogP contribution >= 0.6 is 0 Å². The van der Waals surface area contributed by atoms with Crippen LogP contribution in [0.4, 0.5) is 0 Å². The lowest BCUT2D eigenvalue weighted by Crippen LogP contribution is -2.15. The number of aromatic nitrogens is 2. The summed E-state index contributed by atoms with van der Waals surface area (Å²) in [5, 5.41) is 4.30. The maximum Gasteiger partial charge on any atom is 0.0771 e. The Morgan fingerprint density at radius 1 is 1.69 bits per heavy atom. The average molecular weight is 181 g/mol. The Balaban J connectivity index is 1.92. The summed E-state index contributed by atoms with van der Waals surface area (Å²) in [6.45, 7) is 2.27. The van der Waals surface area contributed by atoms with Gasteiger partial charge in [0.05, 0.1) is 18.3 Å². The molecule has 1 aliphatic rings. The molecule has 0 saturated carbocycles. The van der Waals surface area contributed by atoms with E-state index in [0.717, 1.165) is 25.3 Å². The van der Waals surface area contributed by atoms with Gasteiger partial charge in [-0.2, -0.15) is 5.10 Å². The molecule has 2 N–H and O–H groups in total. The Hall–Kier alpha value is -0.870. The highest BCUT2D eigenvalue weighted by molar-refractivity contribution is 4.97. The lowest BCUT2D eigenvalue weighted by Gasteiger charge is -2.08. The van der Waals surface area contributed by atoms with E-state index >= 15 is 0 Å². The fourth-order valence-electron chi connectivity index (χ4n) is 1.61. The van der Waals surface area contributed by atoms with Crippen molar-refractivity contribution in [3.8, 4) is 0 Å². The molecular formula is C9H15N3O. The van der Waals surface area contributed by atoms with Crippen LogP contribution in [0.25, 0.3) is 0 Å². The lowest BCUT2D eigenvalue weighted by molar-refractivity contribution is 0.0939. The van der Waals surface area contributed by atoms with Gasteiger partial charge < -0.3 is 10.5 Å². The van der Waals surface area contributed by atoms with Gasteiger partial charge in [0.15, 0.2) is 0 Å². The minimum Gasteiger partial charge on any atom is -0.376 e. The summed E-state index contributed by atoms with van der Waals surface area (Å²) >= 11 is 0. The highest BCUT2D eigenvalue weighted by Gasteiger charge is 2.15. The van der Waals surface area contributed by atoms with Gasteiger partial charge in [0.2, 0.25) is 0 Å². The topological polar surface area (TPSA) is 53.1 Å². The van der Waals surface area contributed by atoms with Crippen LogP contribution in [0.3, 0.4) is 0 Å². The minimum absolute atomic E-state index is 0.352. The second-order valence-electron chi connectivity index (χ2n) is 3.37. The Morgan fingerprint density at radius 2 is 2.62 bits per heavy atom. The summed E-state index contributed by atoms with van der Waals surface area (Å²) in [4.78, 5) is 0. The van der Waals surface area contributed by atoms with Crippen LogP contribution in [-0.2, 0) is 17.8 Å². The fourth-order valence-corrected chi connectivity index (χ4v) is 1.61. The fraction of sp³-hybridized carbons (Fsp3) is 0.667. The predicted octanol–water partition coefficient (Wildman–Crippen LogP) is 0.521. The lowest BCUT2D eigenvalue weighted by atomic mass is 10.2. The molecule has 13 heavy (non-hydrogen) atoms. The van der Waals surface area contributed by atoms with Crippen molar-refractivity contribution in [3.63, 3.8) is 0 Å². The van der Waals surface area contributed by atoms with Gasteiger partial charge in [-0.3, -0.25) is 4.68 Å². The Bertz CT molecular complexity index is 266. The van der Waals surface area contributed by atoms with Crippen LogP contribution in [-0.4, -0.2) is 22.5 Å². The van der Waals surface area contributed by atoms with Gasteiger partial charge >= 0.3 is 0 Å². The number of nitrogens with zero attached hydrogens (tertiary/aromatic N) is 2. The van der Waals surface area contributed by atoms with E-state index in [1.54, 1.807) is 0 Å². The third-order valence-electron chi connectivity index (χ3n) is 2.32. The van der Waals surface area contributed by atoms with Gasteiger partial charge in [-0.25, -0.2) is 0 Å². The van der Waals surface area contributed by atoms with Crippen molar-refractivity contribution < 1.29 is 4.74 Å². The molecule has 0 bridgehead atoms. The van der Waals surface area contributed by atoms with Gasteiger partial charge in [-0.05, 0) is 18.9 Å². The summed E-state index contributed by atoms with van der Waals surface area (Å²) in [6.07, 6.45) is 4.64. The SMILES string of the molecule is NCc1ccn(CC2CCCO2)n1. The van der Waals surface area contributed by atoms with Crippen LogP contribution in [0.15, 0.2) is 12.3 Å². The molecule has 2 rings (SSSR count). The molecule has 4 nitrogen and oxygen atoms in total. The van der Waals surface area contributed by atoms with Gasteiger partial charge in [-0.15, -0.1) is 0 Å². The van der Waals surface area contributed by atoms with Crippen molar-refractivity contribution in [2.75, 3.05) is 6.61 Å². The predicted molar refractivity (Wildman–Crippen MR) is 49.1 cm³/mol. The molecule has 0 amide bonds. The summed E-state index contributed by atoms with van der Waals surface area (Å²) in [7, 11) is 0. The first kappa shape index (κ1) is 8.72. The third-order valence-corrected chi connectivity index (χ3v) is 2.32. The number of nitrogens with two attached hydrogens (primary N) is 1. The van der Waals surface area contributed by atoms with E-state index < -0.39 is 0 Å². The van der Waals surface area contributed by atoms with Crippen LogP contribution in [0.5, 0.6) is 0 Å². The van der Waals surface area contributed by atoms with Gasteiger partial charge in [-0.1, -0.05) is 0 Å². The van der Waals surface area contributed by atoms with Crippen LogP contribution < -0.4 is 5.73 Å². The molecular weight excluding hydrogens is 166 g/mol. The van der Waals surface area contributed by atoms with E-state index in [2.05, 4.69) is 5.10 Å². The monoisotopic (exact) mass is 181 g/mol. The summed E-state index contributed by atoms with van der Waals surface area (Å²) < 4.78 is 7.42.